The molecule has 2 saturated heterocycles. The predicted octanol–water partition coefficient (Wildman–Crippen LogP) is 3.53. The third-order valence-corrected chi connectivity index (χ3v) is 6.29. The zero-order chi connectivity index (χ0) is 17.7. The Hall–Kier alpha value is -0.810. The topological polar surface area (TPSA) is 65.0 Å². The first kappa shape index (κ1) is 18.0. The zero-order valence-electron chi connectivity index (χ0n) is 15.6. The van der Waals surface area contributed by atoms with Crippen LogP contribution in [0.4, 0.5) is 4.79 Å². The minimum absolute atomic E-state index is 0.0526. The highest BCUT2D eigenvalue weighted by Crippen LogP contribution is 2.56. The number of carbonyl (C=O) groups excluding carboxylic acids is 1. The summed E-state index contributed by atoms with van der Waals surface area (Å²) in [6.07, 6.45) is 3.27. The number of fused-ring (bicyclic) bond motifs is 2. The first-order valence-corrected chi connectivity index (χ1v) is 9.36. The first-order chi connectivity index (χ1) is 11.1. The Balaban J connectivity index is 1.71. The smallest absolute Gasteiger partial charge is 0.434 e. The minimum Gasteiger partial charge on any atom is -0.434 e. The van der Waals surface area contributed by atoms with E-state index < -0.39 is 17.4 Å². The van der Waals surface area contributed by atoms with E-state index in [2.05, 4.69) is 13.8 Å². The van der Waals surface area contributed by atoms with Crippen molar-refractivity contribution in [2.24, 2.45) is 23.7 Å². The van der Waals surface area contributed by atoms with E-state index in [1.54, 1.807) is 0 Å². The Morgan fingerprint density at radius 2 is 1.75 bits per heavy atom. The highest BCUT2D eigenvalue weighted by Gasteiger charge is 2.62. The molecular weight excluding hydrogens is 308 g/mol. The Bertz CT molecular complexity index is 477. The standard InChI is InChI=1S/C19H32O5/c1-11-12(2)16-14(19(21)8-6-7-9-19)13(15(11)23-16)10-22-17(20)24-18(3,4)5/h11-16,21H,6-10H2,1-5H3. The van der Waals surface area contributed by atoms with Crippen LogP contribution in [0.5, 0.6) is 0 Å². The van der Waals surface area contributed by atoms with Gasteiger partial charge in [0.05, 0.1) is 17.8 Å². The fourth-order valence-corrected chi connectivity index (χ4v) is 5.05. The maximum absolute atomic E-state index is 11.9. The van der Waals surface area contributed by atoms with Crippen LogP contribution in [0.25, 0.3) is 0 Å². The highest BCUT2D eigenvalue weighted by atomic mass is 16.7. The summed E-state index contributed by atoms with van der Waals surface area (Å²) in [7, 11) is 0. The minimum atomic E-state index is -0.671. The monoisotopic (exact) mass is 340 g/mol. The number of hydrogen-bond acceptors (Lipinski definition) is 5. The molecule has 2 bridgehead atoms. The van der Waals surface area contributed by atoms with Gasteiger partial charge in [-0.15, -0.1) is 0 Å². The van der Waals surface area contributed by atoms with Gasteiger partial charge in [0, 0.05) is 11.8 Å². The maximum atomic E-state index is 11.9. The lowest BCUT2D eigenvalue weighted by Crippen LogP contribution is -2.51. The molecule has 0 spiro atoms. The molecule has 0 amide bonds. The number of aliphatic hydroxyl groups is 1. The van der Waals surface area contributed by atoms with Crippen molar-refractivity contribution in [2.45, 2.75) is 83.7 Å². The van der Waals surface area contributed by atoms with Crippen molar-refractivity contribution in [3.05, 3.63) is 0 Å². The Labute approximate surface area is 145 Å². The molecule has 3 fully saturated rings. The number of ether oxygens (including phenoxy) is 3. The van der Waals surface area contributed by atoms with Crippen molar-refractivity contribution >= 4 is 6.16 Å². The van der Waals surface area contributed by atoms with Crippen LogP contribution in [-0.2, 0) is 14.2 Å². The van der Waals surface area contributed by atoms with E-state index in [-0.39, 0.29) is 30.7 Å². The molecule has 24 heavy (non-hydrogen) atoms. The fourth-order valence-electron chi connectivity index (χ4n) is 5.05. The van der Waals surface area contributed by atoms with E-state index >= 15 is 0 Å². The summed E-state index contributed by atoms with van der Waals surface area (Å²) in [5.74, 6) is 0.960. The molecule has 2 heterocycles. The van der Waals surface area contributed by atoms with E-state index in [4.69, 9.17) is 14.2 Å². The van der Waals surface area contributed by atoms with Crippen LogP contribution >= 0.6 is 0 Å². The van der Waals surface area contributed by atoms with Gasteiger partial charge in [-0.2, -0.15) is 0 Å². The van der Waals surface area contributed by atoms with Gasteiger partial charge >= 0.3 is 6.16 Å². The molecule has 2 aliphatic heterocycles. The fraction of sp³-hybridized carbons (Fsp3) is 0.947. The molecule has 0 aromatic heterocycles. The van der Waals surface area contributed by atoms with Gasteiger partial charge in [0.2, 0.25) is 0 Å². The molecule has 5 heteroatoms. The van der Waals surface area contributed by atoms with Gasteiger partial charge in [-0.3, -0.25) is 0 Å². The molecule has 1 N–H and O–H groups in total. The maximum Gasteiger partial charge on any atom is 0.508 e. The summed E-state index contributed by atoms with van der Waals surface area (Å²) in [6, 6.07) is 0. The van der Waals surface area contributed by atoms with Crippen molar-refractivity contribution in [1.82, 2.24) is 0 Å². The summed E-state index contributed by atoms with van der Waals surface area (Å²) >= 11 is 0. The van der Waals surface area contributed by atoms with E-state index in [1.807, 2.05) is 20.8 Å². The Morgan fingerprint density at radius 1 is 1.17 bits per heavy atom. The van der Waals surface area contributed by atoms with Crippen LogP contribution in [0.1, 0.15) is 60.3 Å². The SMILES string of the molecule is CC1C(C)C2OC1C(COC(=O)OC(C)(C)C)C2C1(O)CCCC1. The summed E-state index contributed by atoms with van der Waals surface area (Å²) in [5.41, 5.74) is -1.23. The van der Waals surface area contributed by atoms with Crippen LogP contribution in [0.15, 0.2) is 0 Å². The third kappa shape index (κ3) is 3.17. The van der Waals surface area contributed by atoms with Crippen molar-refractivity contribution in [2.75, 3.05) is 6.61 Å². The van der Waals surface area contributed by atoms with Crippen molar-refractivity contribution < 1.29 is 24.1 Å². The number of rotatable bonds is 3. The van der Waals surface area contributed by atoms with Crippen LogP contribution in [-0.4, -0.2) is 41.3 Å². The summed E-state index contributed by atoms with van der Waals surface area (Å²) in [4.78, 5) is 11.9. The Morgan fingerprint density at radius 3 is 2.33 bits per heavy atom. The molecule has 138 valence electrons. The second-order valence-corrected chi connectivity index (χ2v) is 9.06. The molecule has 3 rings (SSSR count). The van der Waals surface area contributed by atoms with E-state index in [0.717, 1.165) is 25.7 Å². The molecule has 6 atom stereocenters. The molecule has 1 aliphatic carbocycles. The van der Waals surface area contributed by atoms with Crippen LogP contribution in [0, 0.1) is 23.7 Å². The van der Waals surface area contributed by atoms with Gasteiger partial charge in [0.25, 0.3) is 0 Å². The predicted molar refractivity (Wildman–Crippen MR) is 89.6 cm³/mol. The van der Waals surface area contributed by atoms with Gasteiger partial charge < -0.3 is 19.3 Å². The first-order valence-electron chi connectivity index (χ1n) is 9.36. The van der Waals surface area contributed by atoms with Gasteiger partial charge in [0.1, 0.15) is 12.2 Å². The summed E-state index contributed by atoms with van der Waals surface area (Å²) < 4.78 is 16.9. The van der Waals surface area contributed by atoms with Gasteiger partial charge in [-0.25, -0.2) is 4.79 Å². The lowest BCUT2D eigenvalue weighted by molar-refractivity contribution is -0.0792. The molecular formula is C19H32O5. The lowest BCUT2D eigenvalue weighted by Gasteiger charge is -2.42. The van der Waals surface area contributed by atoms with Gasteiger partial charge in [-0.05, 0) is 45.4 Å². The normalized spacial score (nSPS) is 40.8. The molecule has 0 radical (unpaired) electrons. The second kappa shape index (κ2) is 6.17. The van der Waals surface area contributed by atoms with Crippen molar-refractivity contribution in [3.63, 3.8) is 0 Å². The van der Waals surface area contributed by atoms with Gasteiger partial charge in [-0.1, -0.05) is 26.7 Å². The van der Waals surface area contributed by atoms with E-state index in [9.17, 15) is 9.90 Å². The molecule has 6 unspecified atom stereocenters. The average Bonchev–Trinajstić information content (AvgIpc) is 3.12. The third-order valence-electron chi connectivity index (χ3n) is 6.29. The molecule has 1 saturated carbocycles. The second-order valence-electron chi connectivity index (χ2n) is 9.06. The Kier molecular flexibility index (Phi) is 4.63. The molecule has 3 aliphatic rings. The van der Waals surface area contributed by atoms with Crippen LogP contribution in [0.3, 0.4) is 0 Å². The highest BCUT2D eigenvalue weighted by molar-refractivity contribution is 5.60. The molecule has 0 aromatic carbocycles. The van der Waals surface area contributed by atoms with Crippen LogP contribution < -0.4 is 0 Å². The zero-order valence-corrected chi connectivity index (χ0v) is 15.6. The quantitative estimate of drug-likeness (QED) is 0.796. The number of carbonyl (C=O) groups is 1. The average molecular weight is 340 g/mol. The van der Waals surface area contributed by atoms with Crippen molar-refractivity contribution in [1.29, 1.82) is 0 Å². The number of hydrogen-bond donors (Lipinski definition) is 1. The van der Waals surface area contributed by atoms with Crippen LogP contribution in [0.2, 0.25) is 0 Å². The van der Waals surface area contributed by atoms with Gasteiger partial charge in [0.15, 0.2) is 0 Å². The summed E-state index contributed by atoms with van der Waals surface area (Å²) in [6.45, 7) is 10.1. The molecule has 0 aromatic rings. The van der Waals surface area contributed by atoms with E-state index in [1.165, 1.54) is 0 Å². The molecule has 5 nitrogen and oxygen atoms in total. The largest absolute Gasteiger partial charge is 0.508 e. The van der Waals surface area contributed by atoms with E-state index in [0.29, 0.717) is 11.8 Å². The lowest BCUT2D eigenvalue weighted by atomic mass is 9.63. The summed E-state index contributed by atoms with van der Waals surface area (Å²) in [5, 5.41) is 11.2. The van der Waals surface area contributed by atoms with Crippen molar-refractivity contribution in [3.8, 4) is 0 Å².